The van der Waals surface area contributed by atoms with Crippen molar-refractivity contribution in [2.24, 2.45) is 0 Å². The van der Waals surface area contributed by atoms with Crippen molar-refractivity contribution >= 4 is 11.6 Å². The van der Waals surface area contributed by atoms with E-state index in [4.69, 9.17) is 0 Å². The fourth-order valence-electron chi connectivity index (χ4n) is 2.61. The molecule has 0 aliphatic heterocycles. The normalized spacial score (nSPS) is 16.6. The molecule has 0 radical (unpaired) electrons. The molecule has 1 aromatic rings. The zero-order valence-corrected chi connectivity index (χ0v) is 11.7. The molecule has 1 saturated carbocycles. The van der Waals surface area contributed by atoms with E-state index in [0.717, 1.165) is 25.7 Å². The third-order valence-corrected chi connectivity index (χ3v) is 3.64. The number of carbonyl (C=O) groups is 1. The highest BCUT2D eigenvalue weighted by molar-refractivity contribution is 5.76. The lowest BCUT2D eigenvalue weighted by Gasteiger charge is -2.15. The number of amides is 1. The van der Waals surface area contributed by atoms with Crippen LogP contribution < -0.4 is 5.32 Å². The molecular weight excluding hydrogens is 260 g/mol. The van der Waals surface area contributed by atoms with Crippen LogP contribution in [0.1, 0.15) is 44.2 Å². The molecule has 1 amide bonds. The molecule has 0 unspecified atom stereocenters. The Morgan fingerprint density at radius 2 is 2.10 bits per heavy atom. The number of aryl methyl sites for hydroxylation is 1. The van der Waals surface area contributed by atoms with Crippen LogP contribution in [0.5, 0.6) is 0 Å². The zero-order valence-electron chi connectivity index (χ0n) is 11.7. The molecular formula is C13H20N4O3. The first-order valence-electron chi connectivity index (χ1n) is 7.04. The summed E-state index contributed by atoms with van der Waals surface area (Å²) in [4.78, 5) is 22.2. The van der Waals surface area contributed by atoms with Gasteiger partial charge in [-0.2, -0.15) is 5.10 Å². The molecule has 0 bridgehead atoms. The molecule has 0 spiro atoms. The van der Waals surface area contributed by atoms with Gasteiger partial charge in [0.2, 0.25) is 5.91 Å². The number of aromatic nitrogens is 2. The van der Waals surface area contributed by atoms with Crippen LogP contribution in [0.15, 0.2) is 6.20 Å². The van der Waals surface area contributed by atoms with E-state index in [9.17, 15) is 14.9 Å². The van der Waals surface area contributed by atoms with E-state index in [1.54, 1.807) is 6.92 Å². The van der Waals surface area contributed by atoms with Crippen LogP contribution in [0.3, 0.4) is 0 Å². The summed E-state index contributed by atoms with van der Waals surface area (Å²) in [6.45, 7) is 1.60. The highest BCUT2D eigenvalue weighted by Gasteiger charge is 2.18. The lowest BCUT2D eigenvalue weighted by molar-refractivity contribution is -0.385. The SMILES string of the molecule is Cc1nn(CC(=O)NC2CCCCCC2)cc1[N+](=O)[O-]. The van der Waals surface area contributed by atoms with Gasteiger partial charge in [0.1, 0.15) is 18.4 Å². The van der Waals surface area contributed by atoms with Gasteiger partial charge in [0.15, 0.2) is 0 Å². The molecule has 7 heteroatoms. The first-order valence-corrected chi connectivity index (χ1v) is 7.04. The monoisotopic (exact) mass is 280 g/mol. The topological polar surface area (TPSA) is 90.1 Å². The second kappa shape index (κ2) is 6.49. The molecule has 1 aromatic heterocycles. The number of nitro groups is 1. The Hall–Kier alpha value is -1.92. The van der Waals surface area contributed by atoms with E-state index in [0.29, 0.717) is 5.69 Å². The Kier molecular flexibility index (Phi) is 4.70. The third-order valence-electron chi connectivity index (χ3n) is 3.64. The standard InChI is InChI=1S/C13H20N4O3/c1-10-12(17(19)20)8-16(15-10)9-13(18)14-11-6-4-2-3-5-7-11/h8,11H,2-7,9H2,1H3,(H,14,18). The molecule has 1 aliphatic carbocycles. The molecule has 1 N–H and O–H groups in total. The molecule has 2 rings (SSSR count). The molecule has 110 valence electrons. The lowest BCUT2D eigenvalue weighted by atomic mass is 10.1. The van der Waals surface area contributed by atoms with Gasteiger partial charge in [-0.3, -0.25) is 19.6 Å². The zero-order chi connectivity index (χ0) is 14.5. The smallest absolute Gasteiger partial charge is 0.309 e. The maximum absolute atomic E-state index is 11.9. The predicted octanol–water partition coefficient (Wildman–Crippen LogP) is 1.94. The van der Waals surface area contributed by atoms with Crippen molar-refractivity contribution in [3.05, 3.63) is 22.0 Å². The second-order valence-corrected chi connectivity index (χ2v) is 5.31. The molecule has 1 fully saturated rings. The number of nitrogens with zero attached hydrogens (tertiary/aromatic N) is 3. The summed E-state index contributed by atoms with van der Waals surface area (Å²) in [5.74, 6) is -0.130. The average Bonchev–Trinajstić information content (AvgIpc) is 2.59. The Morgan fingerprint density at radius 3 is 2.65 bits per heavy atom. The van der Waals surface area contributed by atoms with Crippen LogP contribution in [0.25, 0.3) is 0 Å². The molecule has 1 aliphatic rings. The molecule has 0 saturated heterocycles. The van der Waals surface area contributed by atoms with E-state index in [-0.39, 0.29) is 24.2 Å². The van der Waals surface area contributed by atoms with E-state index >= 15 is 0 Å². The fraction of sp³-hybridized carbons (Fsp3) is 0.692. The minimum absolute atomic E-state index is 0.0329. The van der Waals surface area contributed by atoms with Gasteiger partial charge in [0.25, 0.3) is 0 Å². The average molecular weight is 280 g/mol. The van der Waals surface area contributed by atoms with Gasteiger partial charge >= 0.3 is 5.69 Å². The van der Waals surface area contributed by atoms with E-state index < -0.39 is 4.92 Å². The summed E-state index contributed by atoms with van der Waals surface area (Å²) in [7, 11) is 0. The number of hydrogen-bond donors (Lipinski definition) is 1. The van der Waals surface area contributed by atoms with Crippen molar-refractivity contribution in [1.29, 1.82) is 0 Å². The highest BCUT2D eigenvalue weighted by atomic mass is 16.6. The largest absolute Gasteiger partial charge is 0.352 e. The third kappa shape index (κ3) is 3.79. The van der Waals surface area contributed by atoms with E-state index in [1.165, 1.54) is 23.7 Å². The maximum atomic E-state index is 11.9. The van der Waals surface area contributed by atoms with Gasteiger partial charge in [-0.1, -0.05) is 25.7 Å². The van der Waals surface area contributed by atoms with Crippen LogP contribution in [0, 0.1) is 17.0 Å². The van der Waals surface area contributed by atoms with Gasteiger partial charge in [-0.05, 0) is 19.8 Å². The summed E-state index contributed by atoms with van der Waals surface area (Å²) in [5.41, 5.74) is 0.282. The van der Waals surface area contributed by atoms with Gasteiger partial charge in [0.05, 0.1) is 4.92 Å². The number of carbonyl (C=O) groups excluding carboxylic acids is 1. The van der Waals surface area contributed by atoms with Gasteiger partial charge in [-0.25, -0.2) is 0 Å². The summed E-state index contributed by atoms with van der Waals surface area (Å²) < 4.78 is 1.33. The maximum Gasteiger partial charge on any atom is 0.309 e. The van der Waals surface area contributed by atoms with Gasteiger partial charge in [-0.15, -0.1) is 0 Å². The predicted molar refractivity (Wildman–Crippen MR) is 73.3 cm³/mol. The number of rotatable bonds is 4. The highest BCUT2D eigenvalue weighted by Crippen LogP contribution is 2.17. The number of hydrogen-bond acceptors (Lipinski definition) is 4. The molecule has 0 atom stereocenters. The first-order chi connectivity index (χ1) is 9.56. The summed E-state index contributed by atoms with van der Waals surface area (Å²) in [6.07, 6.45) is 8.11. The van der Waals surface area contributed by atoms with Crippen molar-refractivity contribution in [2.45, 2.75) is 58.0 Å². The van der Waals surface area contributed by atoms with E-state index in [2.05, 4.69) is 10.4 Å². The Bertz CT molecular complexity index is 490. The quantitative estimate of drug-likeness (QED) is 0.518. The van der Waals surface area contributed by atoms with Crippen LogP contribution in [0.2, 0.25) is 0 Å². The van der Waals surface area contributed by atoms with Crippen molar-refractivity contribution < 1.29 is 9.72 Å². The lowest BCUT2D eigenvalue weighted by Crippen LogP contribution is -2.36. The van der Waals surface area contributed by atoms with Crippen molar-refractivity contribution in [3.8, 4) is 0 Å². The van der Waals surface area contributed by atoms with Crippen LogP contribution in [-0.4, -0.2) is 26.7 Å². The number of nitrogens with one attached hydrogen (secondary N) is 1. The summed E-state index contributed by atoms with van der Waals surface area (Å²) >= 11 is 0. The Morgan fingerprint density at radius 1 is 1.45 bits per heavy atom. The molecule has 7 nitrogen and oxygen atoms in total. The molecule has 1 heterocycles. The van der Waals surface area contributed by atoms with Crippen molar-refractivity contribution in [3.63, 3.8) is 0 Å². The van der Waals surface area contributed by atoms with Crippen LogP contribution in [-0.2, 0) is 11.3 Å². The van der Waals surface area contributed by atoms with Crippen molar-refractivity contribution in [2.75, 3.05) is 0 Å². The summed E-state index contributed by atoms with van der Waals surface area (Å²) in [5, 5.41) is 17.7. The summed E-state index contributed by atoms with van der Waals surface area (Å²) in [6, 6.07) is 0.233. The molecule has 20 heavy (non-hydrogen) atoms. The van der Waals surface area contributed by atoms with Crippen LogP contribution in [0.4, 0.5) is 5.69 Å². The second-order valence-electron chi connectivity index (χ2n) is 5.31. The van der Waals surface area contributed by atoms with E-state index in [1.807, 2.05) is 0 Å². The van der Waals surface area contributed by atoms with Gasteiger partial charge < -0.3 is 5.32 Å². The first kappa shape index (κ1) is 14.5. The minimum atomic E-state index is -0.484. The van der Waals surface area contributed by atoms with Crippen molar-refractivity contribution in [1.82, 2.24) is 15.1 Å². The fourth-order valence-corrected chi connectivity index (χ4v) is 2.61. The Balaban J connectivity index is 1.90. The molecule has 0 aromatic carbocycles. The Labute approximate surface area is 117 Å². The minimum Gasteiger partial charge on any atom is -0.352 e. The van der Waals surface area contributed by atoms with Gasteiger partial charge in [0, 0.05) is 6.04 Å². The van der Waals surface area contributed by atoms with Crippen LogP contribution >= 0.6 is 0 Å².